The molecule has 1 N–H and O–H groups in total. The van der Waals surface area contributed by atoms with Gasteiger partial charge in [0.05, 0.1) is 17.0 Å². The van der Waals surface area contributed by atoms with Crippen LogP contribution >= 0.6 is 0 Å². The molecule has 0 unspecified atom stereocenters. The van der Waals surface area contributed by atoms with E-state index in [9.17, 15) is 18.0 Å². The van der Waals surface area contributed by atoms with Gasteiger partial charge in [0.25, 0.3) is 5.91 Å². The van der Waals surface area contributed by atoms with Crippen molar-refractivity contribution in [1.82, 2.24) is 19.6 Å². The summed E-state index contributed by atoms with van der Waals surface area (Å²) in [5.74, 6) is -0.461. The first kappa shape index (κ1) is 18.6. The molecular weight excluding hydrogens is 383 g/mol. The molecule has 0 saturated carbocycles. The smallest absolute Gasteiger partial charge is 0.322 e. The summed E-state index contributed by atoms with van der Waals surface area (Å²) < 4.78 is 41.5. The van der Waals surface area contributed by atoms with Crippen molar-refractivity contribution in [2.75, 3.05) is 5.32 Å². The highest BCUT2D eigenvalue weighted by molar-refractivity contribution is 6.09. The first-order chi connectivity index (χ1) is 13.8. The van der Waals surface area contributed by atoms with Gasteiger partial charge < -0.3 is 5.32 Å². The van der Waals surface area contributed by atoms with E-state index in [1.54, 1.807) is 19.1 Å². The summed E-state index contributed by atoms with van der Waals surface area (Å²) >= 11 is 0. The van der Waals surface area contributed by atoms with Crippen LogP contribution in [0.1, 0.15) is 21.6 Å². The van der Waals surface area contributed by atoms with Crippen molar-refractivity contribution in [3.8, 4) is 11.3 Å². The predicted molar refractivity (Wildman–Crippen MR) is 100 cm³/mol. The maximum absolute atomic E-state index is 13.4. The Morgan fingerprint density at radius 3 is 2.52 bits per heavy atom. The number of carbonyl (C=O) groups excluding carboxylic acids is 1. The standard InChI is InChI=1S/C20H14F3N5O/c1-12-17(19(29)25-13-6-9-24-10-7-13)18-26-16(8-11-28(18)27-12)14-4-2-3-5-15(14)20(21,22)23/h2-11H,1H3,(H,24,25,29). The zero-order chi connectivity index (χ0) is 20.6. The van der Waals surface area contributed by atoms with Gasteiger partial charge >= 0.3 is 6.18 Å². The number of pyridine rings is 1. The number of anilines is 1. The molecule has 0 saturated heterocycles. The van der Waals surface area contributed by atoms with E-state index in [0.29, 0.717) is 11.4 Å². The first-order valence-corrected chi connectivity index (χ1v) is 8.58. The van der Waals surface area contributed by atoms with Gasteiger partial charge in [-0.2, -0.15) is 18.3 Å². The molecule has 6 nitrogen and oxygen atoms in total. The number of benzene rings is 1. The number of halogens is 3. The van der Waals surface area contributed by atoms with Crippen LogP contribution in [-0.2, 0) is 6.18 Å². The number of hydrogen-bond acceptors (Lipinski definition) is 4. The van der Waals surface area contributed by atoms with Crippen LogP contribution in [0.3, 0.4) is 0 Å². The fourth-order valence-electron chi connectivity index (χ4n) is 3.04. The lowest BCUT2D eigenvalue weighted by atomic mass is 10.0. The number of fused-ring (bicyclic) bond motifs is 1. The Hall–Kier alpha value is -3.75. The topological polar surface area (TPSA) is 72.2 Å². The number of amides is 1. The molecule has 0 bridgehead atoms. The van der Waals surface area contributed by atoms with E-state index in [1.807, 2.05) is 0 Å². The number of aromatic nitrogens is 4. The summed E-state index contributed by atoms with van der Waals surface area (Å²) in [6.07, 6.45) is 0.0230. The van der Waals surface area contributed by atoms with Gasteiger partial charge in [-0.25, -0.2) is 9.50 Å². The molecule has 146 valence electrons. The maximum Gasteiger partial charge on any atom is 0.417 e. The van der Waals surface area contributed by atoms with Gasteiger partial charge in [0.2, 0.25) is 0 Å². The van der Waals surface area contributed by atoms with Gasteiger partial charge in [-0.3, -0.25) is 9.78 Å². The molecule has 3 heterocycles. The minimum absolute atomic E-state index is 0.0677. The third-order valence-corrected chi connectivity index (χ3v) is 4.33. The Morgan fingerprint density at radius 2 is 1.79 bits per heavy atom. The predicted octanol–water partition coefficient (Wildman–Crippen LogP) is 4.37. The van der Waals surface area contributed by atoms with E-state index in [1.165, 1.54) is 47.4 Å². The van der Waals surface area contributed by atoms with Gasteiger partial charge in [-0.05, 0) is 31.2 Å². The van der Waals surface area contributed by atoms with E-state index in [0.717, 1.165) is 6.07 Å². The molecule has 9 heteroatoms. The van der Waals surface area contributed by atoms with Crippen LogP contribution in [0.5, 0.6) is 0 Å². The fraction of sp³-hybridized carbons (Fsp3) is 0.100. The summed E-state index contributed by atoms with van der Waals surface area (Å²) in [7, 11) is 0. The molecule has 0 atom stereocenters. The third-order valence-electron chi connectivity index (χ3n) is 4.33. The van der Waals surface area contributed by atoms with Crippen LogP contribution < -0.4 is 5.32 Å². The van der Waals surface area contributed by atoms with E-state index in [-0.39, 0.29) is 22.5 Å². The molecule has 0 aliphatic carbocycles. The fourth-order valence-corrected chi connectivity index (χ4v) is 3.04. The van der Waals surface area contributed by atoms with Crippen molar-refractivity contribution >= 4 is 17.2 Å². The molecule has 1 amide bonds. The van der Waals surface area contributed by atoms with E-state index in [2.05, 4.69) is 20.4 Å². The van der Waals surface area contributed by atoms with Gasteiger partial charge in [-0.15, -0.1) is 0 Å². The van der Waals surface area contributed by atoms with Crippen LogP contribution in [0.2, 0.25) is 0 Å². The number of nitrogens with one attached hydrogen (secondary N) is 1. The number of alkyl halides is 3. The second-order valence-corrected chi connectivity index (χ2v) is 6.27. The molecule has 0 aliphatic heterocycles. The van der Waals surface area contributed by atoms with Crippen molar-refractivity contribution in [3.05, 3.63) is 77.9 Å². The Kier molecular flexibility index (Phi) is 4.50. The lowest BCUT2D eigenvalue weighted by molar-refractivity contribution is -0.137. The second-order valence-electron chi connectivity index (χ2n) is 6.27. The first-order valence-electron chi connectivity index (χ1n) is 8.58. The average molecular weight is 397 g/mol. The number of carbonyl (C=O) groups is 1. The second kappa shape index (κ2) is 7.01. The average Bonchev–Trinajstić information content (AvgIpc) is 3.03. The van der Waals surface area contributed by atoms with Crippen LogP contribution in [0.4, 0.5) is 18.9 Å². The number of hydrogen-bond donors (Lipinski definition) is 1. The molecular formula is C20H14F3N5O. The molecule has 0 aliphatic rings. The minimum atomic E-state index is -4.53. The molecule has 29 heavy (non-hydrogen) atoms. The highest BCUT2D eigenvalue weighted by Crippen LogP contribution is 2.36. The summed E-state index contributed by atoms with van der Waals surface area (Å²) in [5, 5.41) is 6.96. The van der Waals surface area contributed by atoms with Crippen molar-refractivity contribution in [1.29, 1.82) is 0 Å². The zero-order valence-electron chi connectivity index (χ0n) is 15.1. The van der Waals surface area contributed by atoms with Crippen molar-refractivity contribution in [2.45, 2.75) is 13.1 Å². The van der Waals surface area contributed by atoms with Crippen LogP contribution in [0.25, 0.3) is 16.9 Å². The SMILES string of the molecule is Cc1nn2ccc(-c3ccccc3C(F)(F)F)nc2c1C(=O)Nc1ccncc1. The highest BCUT2D eigenvalue weighted by atomic mass is 19.4. The molecule has 0 fully saturated rings. The van der Waals surface area contributed by atoms with Gasteiger partial charge in [-0.1, -0.05) is 18.2 Å². The summed E-state index contributed by atoms with van der Waals surface area (Å²) in [6, 6.07) is 9.86. The van der Waals surface area contributed by atoms with Gasteiger partial charge in [0, 0.05) is 29.8 Å². The van der Waals surface area contributed by atoms with E-state index >= 15 is 0 Å². The van der Waals surface area contributed by atoms with E-state index < -0.39 is 17.6 Å². The highest BCUT2D eigenvalue weighted by Gasteiger charge is 2.33. The third kappa shape index (κ3) is 3.54. The minimum Gasteiger partial charge on any atom is -0.322 e. The summed E-state index contributed by atoms with van der Waals surface area (Å²) in [4.78, 5) is 21.0. The Bertz CT molecular complexity index is 1200. The number of rotatable bonds is 3. The van der Waals surface area contributed by atoms with E-state index in [4.69, 9.17) is 0 Å². The van der Waals surface area contributed by atoms with Crippen molar-refractivity contribution < 1.29 is 18.0 Å². The molecule has 4 rings (SSSR count). The Morgan fingerprint density at radius 1 is 1.07 bits per heavy atom. The summed E-state index contributed by atoms with van der Waals surface area (Å²) in [5.41, 5.74) is 0.533. The summed E-state index contributed by atoms with van der Waals surface area (Å²) in [6.45, 7) is 1.64. The zero-order valence-corrected chi connectivity index (χ0v) is 15.1. The Labute approximate surface area is 163 Å². The largest absolute Gasteiger partial charge is 0.417 e. The Balaban J connectivity index is 1.81. The van der Waals surface area contributed by atoms with Gasteiger partial charge in [0.15, 0.2) is 5.65 Å². The molecule has 4 aromatic rings. The molecule has 0 radical (unpaired) electrons. The van der Waals surface area contributed by atoms with Crippen molar-refractivity contribution in [3.63, 3.8) is 0 Å². The molecule has 0 spiro atoms. The number of aryl methyl sites for hydroxylation is 1. The normalized spacial score (nSPS) is 11.6. The lowest BCUT2D eigenvalue weighted by Crippen LogP contribution is -2.13. The van der Waals surface area contributed by atoms with Crippen molar-refractivity contribution in [2.24, 2.45) is 0 Å². The van der Waals surface area contributed by atoms with Gasteiger partial charge in [0.1, 0.15) is 5.56 Å². The maximum atomic E-state index is 13.4. The van der Waals surface area contributed by atoms with Crippen LogP contribution in [0, 0.1) is 6.92 Å². The lowest BCUT2D eigenvalue weighted by Gasteiger charge is -2.12. The molecule has 1 aromatic carbocycles. The molecule has 3 aromatic heterocycles. The van der Waals surface area contributed by atoms with Crippen LogP contribution in [0.15, 0.2) is 61.1 Å². The number of nitrogens with zero attached hydrogens (tertiary/aromatic N) is 4. The monoisotopic (exact) mass is 397 g/mol. The van der Waals surface area contributed by atoms with Crippen LogP contribution in [-0.4, -0.2) is 25.5 Å². The quantitative estimate of drug-likeness (QED) is 0.557.